The van der Waals surface area contributed by atoms with Crippen molar-refractivity contribution in [1.82, 2.24) is 0 Å². The zero-order valence-electron chi connectivity index (χ0n) is 8.13. The molecule has 0 aliphatic heterocycles. The van der Waals surface area contributed by atoms with Crippen LogP contribution < -0.4 is 5.73 Å². The third-order valence-corrected chi connectivity index (χ3v) is 4.12. The van der Waals surface area contributed by atoms with Crippen LogP contribution in [0.15, 0.2) is 0 Å². The van der Waals surface area contributed by atoms with Gasteiger partial charge in [0, 0.05) is 6.04 Å². The summed E-state index contributed by atoms with van der Waals surface area (Å²) in [6, 6.07) is 0.538. The molecule has 0 aromatic heterocycles. The maximum absolute atomic E-state index is 6.27. The monoisotopic (exact) mass is 167 g/mol. The molecular weight excluding hydrogens is 146 g/mol. The summed E-state index contributed by atoms with van der Waals surface area (Å²) in [7, 11) is 0. The molecule has 3 atom stereocenters. The largest absolute Gasteiger partial charge is 0.327 e. The fourth-order valence-electron chi connectivity index (χ4n) is 2.92. The molecule has 0 saturated heterocycles. The van der Waals surface area contributed by atoms with Crippen LogP contribution in [-0.4, -0.2) is 6.04 Å². The molecule has 2 aliphatic rings. The maximum Gasteiger partial charge on any atom is 0.00981 e. The first kappa shape index (κ1) is 8.55. The van der Waals surface area contributed by atoms with Crippen LogP contribution >= 0.6 is 0 Å². The molecule has 1 heteroatoms. The van der Waals surface area contributed by atoms with Gasteiger partial charge in [0.15, 0.2) is 0 Å². The van der Waals surface area contributed by atoms with Crippen LogP contribution in [0.3, 0.4) is 0 Å². The third-order valence-electron chi connectivity index (χ3n) is 4.12. The minimum Gasteiger partial charge on any atom is -0.327 e. The van der Waals surface area contributed by atoms with Gasteiger partial charge in [0.25, 0.3) is 0 Å². The number of nitrogens with two attached hydrogens (primary N) is 1. The highest BCUT2D eigenvalue weighted by Crippen LogP contribution is 2.40. The molecule has 2 saturated carbocycles. The van der Waals surface area contributed by atoms with Crippen molar-refractivity contribution in [1.29, 1.82) is 0 Å². The Morgan fingerprint density at radius 2 is 1.75 bits per heavy atom. The van der Waals surface area contributed by atoms with Gasteiger partial charge in [-0.25, -0.2) is 0 Å². The van der Waals surface area contributed by atoms with Gasteiger partial charge in [0.1, 0.15) is 0 Å². The summed E-state index contributed by atoms with van der Waals surface area (Å²) >= 11 is 0. The topological polar surface area (TPSA) is 26.0 Å². The fourth-order valence-corrected chi connectivity index (χ4v) is 2.92. The van der Waals surface area contributed by atoms with E-state index < -0.39 is 0 Å². The lowest BCUT2D eigenvalue weighted by molar-refractivity contribution is 0.186. The first-order valence-corrected chi connectivity index (χ1v) is 5.54. The molecule has 0 heterocycles. The van der Waals surface area contributed by atoms with Crippen molar-refractivity contribution in [3.05, 3.63) is 0 Å². The van der Waals surface area contributed by atoms with Gasteiger partial charge in [-0.1, -0.05) is 26.2 Å². The van der Waals surface area contributed by atoms with E-state index in [2.05, 4.69) is 6.92 Å². The molecule has 0 amide bonds. The third kappa shape index (κ3) is 1.39. The molecule has 12 heavy (non-hydrogen) atoms. The summed E-state index contributed by atoms with van der Waals surface area (Å²) < 4.78 is 0. The fraction of sp³-hybridized carbons (Fsp3) is 1.00. The lowest BCUT2D eigenvalue weighted by atomic mass is 9.73. The van der Waals surface area contributed by atoms with Crippen LogP contribution in [0.4, 0.5) is 0 Å². The molecule has 70 valence electrons. The van der Waals surface area contributed by atoms with E-state index in [0.717, 1.165) is 17.8 Å². The predicted molar refractivity (Wildman–Crippen MR) is 51.8 cm³/mol. The zero-order chi connectivity index (χ0) is 8.55. The van der Waals surface area contributed by atoms with E-state index in [-0.39, 0.29) is 0 Å². The molecule has 2 N–H and O–H groups in total. The Kier molecular flexibility index (Phi) is 2.40. The van der Waals surface area contributed by atoms with Crippen LogP contribution in [0.1, 0.15) is 45.4 Å². The second kappa shape index (κ2) is 3.37. The van der Waals surface area contributed by atoms with Gasteiger partial charge in [-0.3, -0.25) is 0 Å². The van der Waals surface area contributed by atoms with Gasteiger partial charge in [0.05, 0.1) is 0 Å². The summed E-state index contributed by atoms with van der Waals surface area (Å²) in [6.07, 6.45) is 8.49. The Hall–Kier alpha value is -0.0400. The van der Waals surface area contributed by atoms with E-state index in [9.17, 15) is 0 Å². The Morgan fingerprint density at radius 1 is 1.08 bits per heavy atom. The number of hydrogen-bond acceptors (Lipinski definition) is 1. The molecule has 0 radical (unpaired) electrons. The molecule has 2 aliphatic carbocycles. The molecule has 0 aromatic rings. The van der Waals surface area contributed by atoms with Crippen LogP contribution in [0, 0.1) is 17.8 Å². The van der Waals surface area contributed by atoms with E-state index in [1.165, 1.54) is 38.5 Å². The highest BCUT2D eigenvalue weighted by molar-refractivity contribution is 4.89. The van der Waals surface area contributed by atoms with Crippen LogP contribution in [0.5, 0.6) is 0 Å². The quantitative estimate of drug-likeness (QED) is 0.672. The Labute approximate surface area is 75.7 Å². The van der Waals surface area contributed by atoms with Crippen molar-refractivity contribution in [3.8, 4) is 0 Å². The van der Waals surface area contributed by atoms with Crippen molar-refractivity contribution in [2.24, 2.45) is 23.5 Å². The standard InChI is InChI=1S/C11H21N/c1-8-4-2-7-10(8)11(12)9-5-3-6-9/h8-11H,2-7,12H2,1H3. The molecule has 0 aromatic carbocycles. The summed E-state index contributed by atoms with van der Waals surface area (Å²) in [5.74, 6) is 2.64. The van der Waals surface area contributed by atoms with E-state index >= 15 is 0 Å². The molecular formula is C11H21N. The Bertz CT molecular complexity index is 151. The van der Waals surface area contributed by atoms with E-state index in [0.29, 0.717) is 6.04 Å². The van der Waals surface area contributed by atoms with Gasteiger partial charge in [-0.15, -0.1) is 0 Å². The van der Waals surface area contributed by atoms with E-state index in [1.54, 1.807) is 0 Å². The highest BCUT2D eigenvalue weighted by Gasteiger charge is 2.35. The Balaban J connectivity index is 1.89. The number of hydrogen-bond donors (Lipinski definition) is 1. The Morgan fingerprint density at radius 3 is 2.17 bits per heavy atom. The lowest BCUT2D eigenvalue weighted by Crippen LogP contribution is -2.41. The highest BCUT2D eigenvalue weighted by atomic mass is 14.7. The zero-order valence-corrected chi connectivity index (χ0v) is 8.13. The van der Waals surface area contributed by atoms with Gasteiger partial charge in [-0.05, 0) is 37.0 Å². The minimum atomic E-state index is 0.538. The van der Waals surface area contributed by atoms with Gasteiger partial charge in [-0.2, -0.15) is 0 Å². The first-order chi connectivity index (χ1) is 5.79. The molecule has 1 nitrogen and oxygen atoms in total. The molecule has 0 spiro atoms. The van der Waals surface area contributed by atoms with Gasteiger partial charge in [0.2, 0.25) is 0 Å². The normalized spacial score (nSPS) is 39.5. The average Bonchev–Trinajstić information content (AvgIpc) is 2.31. The second-order valence-electron chi connectivity index (χ2n) is 4.84. The van der Waals surface area contributed by atoms with Crippen LogP contribution in [0.25, 0.3) is 0 Å². The van der Waals surface area contributed by atoms with Crippen molar-refractivity contribution >= 4 is 0 Å². The van der Waals surface area contributed by atoms with Gasteiger partial charge < -0.3 is 5.73 Å². The predicted octanol–water partition coefficient (Wildman–Crippen LogP) is 2.55. The van der Waals surface area contributed by atoms with Crippen LogP contribution in [0.2, 0.25) is 0 Å². The summed E-state index contributed by atoms with van der Waals surface area (Å²) in [5.41, 5.74) is 6.27. The summed E-state index contributed by atoms with van der Waals surface area (Å²) in [5, 5.41) is 0. The average molecular weight is 167 g/mol. The minimum absolute atomic E-state index is 0.538. The lowest BCUT2D eigenvalue weighted by Gasteiger charge is -2.36. The van der Waals surface area contributed by atoms with Crippen molar-refractivity contribution in [3.63, 3.8) is 0 Å². The SMILES string of the molecule is CC1CCCC1C(N)C1CCC1. The van der Waals surface area contributed by atoms with Crippen molar-refractivity contribution in [2.45, 2.75) is 51.5 Å². The van der Waals surface area contributed by atoms with Crippen LogP contribution in [-0.2, 0) is 0 Å². The molecule has 3 unspecified atom stereocenters. The smallest absolute Gasteiger partial charge is 0.00981 e. The second-order valence-corrected chi connectivity index (χ2v) is 4.84. The summed E-state index contributed by atoms with van der Waals surface area (Å²) in [6.45, 7) is 2.39. The van der Waals surface area contributed by atoms with Crippen molar-refractivity contribution in [2.75, 3.05) is 0 Å². The van der Waals surface area contributed by atoms with Crippen molar-refractivity contribution < 1.29 is 0 Å². The first-order valence-electron chi connectivity index (χ1n) is 5.54. The summed E-state index contributed by atoms with van der Waals surface area (Å²) in [4.78, 5) is 0. The maximum atomic E-state index is 6.27. The molecule has 0 bridgehead atoms. The van der Waals surface area contributed by atoms with E-state index in [1.807, 2.05) is 0 Å². The molecule has 2 rings (SSSR count). The van der Waals surface area contributed by atoms with Gasteiger partial charge >= 0.3 is 0 Å². The number of rotatable bonds is 2. The van der Waals surface area contributed by atoms with E-state index in [4.69, 9.17) is 5.73 Å². The molecule has 2 fully saturated rings.